The fourth-order valence-electron chi connectivity index (χ4n) is 1.08. The van der Waals surface area contributed by atoms with E-state index in [-0.39, 0.29) is 0 Å². The van der Waals surface area contributed by atoms with Gasteiger partial charge in [-0.05, 0) is 6.07 Å². The van der Waals surface area contributed by atoms with Crippen LogP contribution < -0.4 is 5.73 Å². The Morgan fingerprint density at radius 3 is 2.29 bits per heavy atom. The molecule has 1 rings (SSSR count). The van der Waals surface area contributed by atoms with E-state index in [0.29, 0.717) is 4.47 Å². The van der Waals surface area contributed by atoms with Gasteiger partial charge in [0.25, 0.3) is 5.69 Å². The van der Waals surface area contributed by atoms with E-state index in [1.54, 1.807) is 0 Å². The van der Waals surface area contributed by atoms with Crippen molar-refractivity contribution in [3.63, 3.8) is 0 Å². The number of nitro benzene ring substituents is 1. The lowest BCUT2D eigenvalue weighted by atomic mass is 10.2. The van der Waals surface area contributed by atoms with E-state index in [1.165, 1.54) is 19.3 Å². The Balaban J connectivity index is 0.000000437. The average Bonchev–Trinajstić information content (AvgIpc) is 2.25. The summed E-state index contributed by atoms with van der Waals surface area (Å²) in [5.74, 6) is -0.795. The normalized spacial score (nSPS) is 9.41. The van der Waals surface area contributed by atoms with Gasteiger partial charge in [-0.3, -0.25) is 10.1 Å². The van der Waals surface area contributed by atoms with E-state index in [9.17, 15) is 14.5 Å². The second kappa shape index (κ2) is 8.00. The molecule has 0 heterocycles. The van der Waals surface area contributed by atoms with Crippen molar-refractivity contribution in [2.24, 2.45) is 0 Å². The van der Waals surface area contributed by atoms with Crippen LogP contribution in [0.3, 0.4) is 0 Å². The van der Waals surface area contributed by atoms with Crippen molar-refractivity contribution in [2.75, 3.05) is 5.73 Å². The molecule has 0 atom stereocenters. The van der Waals surface area contributed by atoms with Crippen LogP contribution in [-0.4, -0.2) is 4.92 Å². The average molecular weight is 307 g/mol. The van der Waals surface area contributed by atoms with Crippen LogP contribution in [0, 0.1) is 15.9 Å². The van der Waals surface area contributed by atoms with E-state index in [1.807, 2.05) is 0 Å². The highest BCUT2D eigenvalue weighted by atomic mass is 79.9. The number of hydrogen-bond donors (Lipinski definition) is 1. The minimum atomic E-state index is -0.795. The van der Waals surface area contributed by atoms with Crippen LogP contribution in [0.4, 0.5) is 15.8 Å². The first kappa shape index (κ1) is 15.8. The van der Waals surface area contributed by atoms with Crippen LogP contribution in [0.25, 0.3) is 0 Å². The zero-order valence-corrected chi connectivity index (χ0v) is 11.5. The highest BCUT2D eigenvalue weighted by Gasteiger charge is 2.15. The number of unbranched alkanes of at least 4 members (excludes halogenated alkanes) is 2. The Labute approximate surface area is 108 Å². The number of nitrogens with two attached hydrogens (primary N) is 1. The Kier molecular flexibility index (Phi) is 7.45. The number of nitrogen functional groups attached to an aromatic ring is 1. The Hall–Kier alpha value is -1.17. The summed E-state index contributed by atoms with van der Waals surface area (Å²) < 4.78 is 13.0. The van der Waals surface area contributed by atoms with Gasteiger partial charge in [-0.15, -0.1) is 0 Å². The standard InChI is InChI=1S/C6H4BrFN2O2.C5H12/c7-3-1-4(8)6(9)5(2-3)10(11)12;1-3-5-4-2/h1-2H,9H2;3-5H2,1-2H3. The number of anilines is 1. The van der Waals surface area contributed by atoms with Gasteiger partial charge in [-0.25, -0.2) is 4.39 Å². The van der Waals surface area contributed by atoms with Crippen LogP contribution in [0.1, 0.15) is 33.1 Å². The van der Waals surface area contributed by atoms with E-state index in [4.69, 9.17) is 5.73 Å². The summed E-state index contributed by atoms with van der Waals surface area (Å²) in [6, 6.07) is 2.22. The molecule has 0 aliphatic rings. The van der Waals surface area contributed by atoms with Crippen molar-refractivity contribution in [3.05, 3.63) is 32.5 Å². The maximum Gasteiger partial charge on any atom is 0.296 e. The Morgan fingerprint density at radius 2 is 1.94 bits per heavy atom. The van der Waals surface area contributed by atoms with Crippen molar-refractivity contribution >= 4 is 27.3 Å². The van der Waals surface area contributed by atoms with Crippen molar-refractivity contribution in [1.82, 2.24) is 0 Å². The molecule has 0 radical (unpaired) electrons. The van der Waals surface area contributed by atoms with Crippen LogP contribution in [0.5, 0.6) is 0 Å². The molecule has 0 aliphatic heterocycles. The number of rotatable bonds is 3. The smallest absolute Gasteiger partial charge is 0.296 e. The molecule has 0 bridgehead atoms. The van der Waals surface area contributed by atoms with Gasteiger partial charge in [0.15, 0.2) is 5.82 Å². The Bertz CT molecular complexity index is 384. The van der Waals surface area contributed by atoms with Crippen LogP contribution in [0.15, 0.2) is 16.6 Å². The molecule has 0 saturated carbocycles. The SMILES string of the molecule is CCCCC.Nc1c(F)cc(Br)cc1[N+](=O)[O-]. The molecule has 6 heteroatoms. The lowest BCUT2D eigenvalue weighted by Gasteiger charge is -1.98. The lowest BCUT2D eigenvalue weighted by Crippen LogP contribution is -1.98. The van der Waals surface area contributed by atoms with Gasteiger partial charge in [-0.1, -0.05) is 49.0 Å². The molecule has 0 spiro atoms. The zero-order chi connectivity index (χ0) is 13.4. The third kappa shape index (κ3) is 5.63. The van der Waals surface area contributed by atoms with Gasteiger partial charge < -0.3 is 5.73 Å². The fraction of sp³-hybridized carbons (Fsp3) is 0.455. The molecule has 1 aromatic carbocycles. The predicted octanol–water partition coefficient (Wildman–Crippen LogP) is 4.28. The molecule has 1 aromatic rings. The summed E-state index contributed by atoms with van der Waals surface area (Å²) in [5.41, 5.74) is 4.24. The molecule has 0 amide bonds. The van der Waals surface area contributed by atoms with Crippen LogP contribution in [-0.2, 0) is 0 Å². The molecular formula is C11H16BrFN2O2. The topological polar surface area (TPSA) is 69.2 Å². The summed E-state index contributed by atoms with van der Waals surface area (Å²) in [5, 5.41) is 10.3. The summed E-state index contributed by atoms with van der Waals surface area (Å²) in [4.78, 5) is 9.53. The number of benzene rings is 1. The summed E-state index contributed by atoms with van der Waals surface area (Å²) in [6.45, 7) is 4.42. The monoisotopic (exact) mass is 306 g/mol. The fourth-order valence-corrected chi connectivity index (χ4v) is 1.49. The molecule has 2 N–H and O–H groups in total. The first-order valence-electron chi connectivity index (χ1n) is 5.32. The minimum absolute atomic E-state index is 0.293. The van der Waals surface area contributed by atoms with Crippen molar-refractivity contribution < 1.29 is 9.31 Å². The van der Waals surface area contributed by atoms with E-state index in [0.717, 1.165) is 12.1 Å². The third-order valence-electron chi connectivity index (χ3n) is 1.98. The molecule has 0 saturated heterocycles. The molecular weight excluding hydrogens is 291 g/mol. The number of halogens is 2. The van der Waals surface area contributed by atoms with E-state index in [2.05, 4.69) is 29.8 Å². The Morgan fingerprint density at radius 1 is 1.41 bits per heavy atom. The minimum Gasteiger partial charge on any atom is -0.391 e. The summed E-state index contributed by atoms with van der Waals surface area (Å²) in [7, 11) is 0. The van der Waals surface area contributed by atoms with Gasteiger partial charge in [0.1, 0.15) is 5.69 Å². The van der Waals surface area contributed by atoms with Gasteiger partial charge in [0, 0.05) is 10.5 Å². The van der Waals surface area contributed by atoms with E-state index >= 15 is 0 Å². The molecule has 0 unspecified atom stereocenters. The first-order valence-corrected chi connectivity index (χ1v) is 6.12. The third-order valence-corrected chi connectivity index (χ3v) is 2.43. The highest BCUT2D eigenvalue weighted by Crippen LogP contribution is 2.28. The zero-order valence-electron chi connectivity index (χ0n) is 9.87. The van der Waals surface area contributed by atoms with Crippen molar-refractivity contribution in [1.29, 1.82) is 0 Å². The second-order valence-corrected chi connectivity index (χ2v) is 4.35. The number of nitrogens with zero attached hydrogens (tertiary/aromatic N) is 1. The molecule has 0 fully saturated rings. The highest BCUT2D eigenvalue weighted by molar-refractivity contribution is 9.10. The predicted molar refractivity (Wildman–Crippen MR) is 70.4 cm³/mol. The maximum atomic E-state index is 12.7. The molecule has 17 heavy (non-hydrogen) atoms. The largest absolute Gasteiger partial charge is 0.391 e. The van der Waals surface area contributed by atoms with E-state index < -0.39 is 22.1 Å². The summed E-state index contributed by atoms with van der Waals surface area (Å²) >= 11 is 2.92. The van der Waals surface area contributed by atoms with Gasteiger partial charge >= 0.3 is 0 Å². The van der Waals surface area contributed by atoms with Crippen LogP contribution >= 0.6 is 15.9 Å². The number of hydrogen-bond acceptors (Lipinski definition) is 3. The van der Waals surface area contributed by atoms with Crippen molar-refractivity contribution in [3.8, 4) is 0 Å². The summed E-state index contributed by atoms with van der Waals surface area (Å²) in [6.07, 6.45) is 4.08. The lowest BCUT2D eigenvalue weighted by molar-refractivity contribution is -0.384. The second-order valence-electron chi connectivity index (χ2n) is 3.43. The number of nitro groups is 1. The van der Waals surface area contributed by atoms with Crippen LogP contribution in [0.2, 0.25) is 0 Å². The maximum absolute atomic E-state index is 12.7. The van der Waals surface area contributed by atoms with Gasteiger partial charge in [0.05, 0.1) is 4.92 Å². The first-order chi connectivity index (χ1) is 7.93. The van der Waals surface area contributed by atoms with Crippen molar-refractivity contribution in [2.45, 2.75) is 33.1 Å². The van der Waals surface area contributed by atoms with Gasteiger partial charge in [0.2, 0.25) is 0 Å². The molecule has 0 aliphatic carbocycles. The molecule has 4 nitrogen and oxygen atoms in total. The quantitative estimate of drug-likeness (QED) is 0.515. The molecule has 96 valence electrons. The van der Waals surface area contributed by atoms with Gasteiger partial charge in [-0.2, -0.15) is 0 Å². The molecule has 0 aromatic heterocycles.